The zero-order chi connectivity index (χ0) is 14.9. The SMILES string of the molecule is COc1c(C)cc(C(N)c2ccc(C)c(Cl)c2)cc1C. The Balaban J connectivity index is 2.42. The highest BCUT2D eigenvalue weighted by Gasteiger charge is 2.13. The van der Waals surface area contributed by atoms with E-state index in [-0.39, 0.29) is 6.04 Å². The fraction of sp³-hybridized carbons (Fsp3) is 0.294. The second-order valence-corrected chi connectivity index (χ2v) is 5.58. The van der Waals surface area contributed by atoms with Gasteiger partial charge in [0.15, 0.2) is 0 Å². The molecule has 2 aromatic carbocycles. The highest BCUT2D eigenvalue weighted by molar-refractivity contribution is 6.31. The Labute approximate surface area is 125 Å². The number of hydrogen-bond donors (Lipinski definition) is 1. The first-order chi connectivity index (χ1) is 9.43. The topological polar surface area (TPSA) is 35.2 Å². The molecule has 0 radical (unpaired) electrons. The largest absolute Gasteiger partial charge is 0.496 e. The van der Waals surface area contributed by atoms with E-state index in [1.807, 2.05) is 39.0 Å². The predicted molar refractivity (Wildman–Crippen MR) is 84.7 cm³/mol. The van der Waals surface area contributed by atoms with Crippen LogP contribution in [0.1, 0.15) is 33.9 Å². The number of methoxy groups -OCH3 is 1. The molecule has 0 aromatic heterocycles. The number of ether oxygens (including phenoxy) is 1. The molecule has 3 heteroatoms. The van der Waals surface area contributed by atoms with Crippen molar-refractivity contribution in [3.05, 3.63) is 63.2 Å². The minimum atomic E-state index is -0.184. The molecule has 0 saturated heterocycles. The molecule has 2 aromatic rings. The molecule has 0 aliphatic rings. The molecule has 0 heterocycles. The Morgan fingerprint density at radius 3 is 2.05 bits per heavy atom. The Morgan fingerprint density at radius 2 is 1.55 bits per heavy atom. The molecular weight excluding hydrogens is 270 g/mol. The van der Waals surface area contributed by atoms with Crippen LogP contribution in [0.25, 0.3) is 0 Å². The molecule has 2 N–H and O–H groups in total. The lowest BCUT2D eigenvalue weighted by molar-refractivity contribution is 0.408. The molecule has 2 nitrogen and oxygen atoms in total. The van der Waals surface area contributed by atoms with Crippen LogP contribution in [0.2, 0.25) is 5.02 Å². The monoisotopic (exact) mass is 289 g/mol. The number of aryl methyl sites for hydroxylation is 3. The fourth-order valence-electron chi connectivity index (χ4n) is 2.48. The van der Waals surface area contributed by atoms with Crippen molar-refractivity contribution in [1.82, 2.24) is 0 Å². The summed E-state index contributed by atoms with van der Waals surface area (Å²) in [7, 11) is 1.69. The van der Waals surface area contributed by atoms with Gasteiger partial charge in [-0.1, -0.05) is 35.9 Å². The van der Waals surface area contributed by atoms with Crippen LogP contribution < -0.4 is 10.5 Å². The van der Waals surface area contributed by atoms with Crippen molar-refractivity contribution in [2.75, 3.05) is 7.11 Å². The summed E-state index contributed by atoms with van der Waals surface area (Å²) in [6, 6.07) is 9.93. The van der Waals surface area contributed by atoms with Gasteiger partial charge in [-0.25, -0.2) is 0 Å². The average Bonchev–Trinajstić information content (AvgIpc) is 2.40. The van der Waals surface area contributed by atoms with Crippen LogP contribution in [0, 0.1) is 20.8 Å². The lowest BCUT2D eigenvalue weighted by Gasteiger charge is -2.17. The Kier molecular flexibility index (Phi) is 4.36. The maximum atomic E-state index is 6.37. The molecule has 2 rings (SSSR count). The summed E-state index contributed by atoms with van der Waals surface area (Å²) in [5, 5.41) is 0.750. The molecule has 0 bridgehead atoms. The van der Waals surface area contributed by atoms with E-state index >= 15 is 0 Å². The van der Waals surface area contributed by atoms with Crippen LogP contribution in [0.4, 0.5) is 0 Å². The number of nitrogens with two attached hydrogens (primary N) is 1. The maximum Gasteiger partial charge on any atom is 0.124 e. The standard InChI is InChI=1S/C17H20ClNO/c1-10-5-6-13(9-15(10)18)16(19)14-7-11(2)17(20-4)12(3)8-14/h5-9,16H,19H2,1-4H3. The van der Waals surface area contributed by atoms with E-state index in [0.29, 0.717) is 0 Å². The summed E-state index contributed by atoms with van der Waals surface area (Å²) in [6.45, 7) is 6.05. The molecule has 0 aliphatic heterocycles. The third kappa shape index (κ3) is 2.82. The smallest absolute Gasteiger partial charge is 0.124 e. The van der Waals surface area contributed by atoms with Crippen molar-refractivity contribution in [1.29, 1.82) is 0 Å². The summed E-state index contributed by atoms with van der Waals surface area (Å²) in [5.74, 6) is 0.919. The van der Waals surface area contributed by atoms with E-state index in [1.54, 1.807) is 7.11 Å². The number of rotatable bonds is 3. The molecule has 0 aliphatic carbocycles. The van der Waals surface area contributed by atoms with Crippen molar-refractivity contribution in [2.45, 2.75) is 26.8 Å². The Bertz CT molecular complexity index is 614. The van der Waals surface area contributed by atoms with Gasteiger partial charge in [-0.15, -0.1) is 0 Å². The van der Waals surface area contributed by atoms with Crippen LogP contribution in [0.3, 0.4) is 0 Å². The van der Waals surface area contributed by atoms with Gasteiger partial charge in [-0.2, -0.15) is 0 Å². The van der Waals surface area contributed by atoms with Crippen LogP contribution in [-0.4, -0.2) is 7.11 Å². The second-order valence-electron chi connectivity index (χ2n) is 5.17. The Morgan fingerprint density at radius 1 is 0.950 bits per heavy atom. The van der Waals surface area contributed by atoms with Gasteiger partial charge in [0, 0.05) is 5.02 Å². The van der Waals surface area contributed by atoms with Crippen LogP contribution in [0.5, 0.6) is 5.75 Å². The summed E-state index contributed by atoms with van der Waals surface area (Å²) in [4.78, 5) is 0. The van der Waals surface area contributed by atoms with Gasteiger partial charge in [0.2, 0.25) is 0 Å². The molecule has 0 spiro atoms. The van der Waals surface area contributed by atoms with Crippen molar-refractivity contribution >= 4 is 11.6 Å². The van der Waals surface area contributed by atoms with Gasteiger partial charge in [0.1, 0.15) is 5.75 Å². The lowest BCUT2D eigenvalue weighted by atomic mass is 9.95. The number of benzene rings is 2. The van der Waals surface area contributed by atoms with E-state index in [1.165, 1.54) is 0 Å². The van der Waals surface area contributed by atoms with E-state index < -0.39 is 0 Å². The molecular formula is C17H20ClNO. The number of halogens is 1. The quantitative estimate of drug-likeness (QED) is 0.913. The normalized spacial score (nSPS) is 12.3. The molecule has 0 saturated carbocycles. The molecule has 0 amide bonds. The summed E-state index contributed by atoms with van der Waals surface area (Å²) >= 11 is 6.18. The summed E-state index contributed by atoms with van der Waals surface area (Å²) < 4.78 is 5.39. The third-order valence-corrected chi connectivity index (χ3v) is 4.01. The summed E-state index contributed by atoms with van der Waals surface area (Å²) in [6.07, 6.45) is 0. The average molecular weight is 290 g/mol. The van der Waals surface area contributed by atoms with Gasteiger partial charge in [0.05, 0.1) is 13.2 Å². The van der Waals surface area contributed by atoms with Crippen molar-refractivity contribution in [2.24, 2.45) is 5.73 Å². The Hall–Kier alpha value is -1.51. The third-order valence-electron chi connectivity index (χ3n) is 3.60. The molecule has 1 atom stereocenters. The fourth-order valence-corrected chi connectivity index (χ4v) is 2.67. The summed E-state index contributed by atoms with van der Waals surface area (Å²) in [5.41, 5.74) is 11.7. The van der Waals surface area contributed by atoms with Gasteiger partial charge < -0.3 is 10.5 Å². The first-order valence-electron chi connectivity index (χ1n) is 6.60. The van der Waals surface area contributed by atoms with Crippen LogP contribution in [-0.2, 0) is 0 Å². The number of hydrogen-bond acceptors (Lipinski definition) is 2. The lowest BCUT2D eigenvalue weighted by Crippen LogP contribution is -2.12. The van der Waals surface area contributed by atoms with Gasteiger partial charge in [-0.3, -0.25) is 0 Å². The van der Waals surface area contributed by atoms with Crippen LogP contribution >= 0.6 is 11.6 Å². The zero-order valence-corrected chi connectivity index (χ0v) is 13.1. The van der Waals surface area contributed by atoms with E-state index in [2.05, 4.69) is 12.1 Å². The van der Waals surface area contributed by atoms with Gasteiger partial charge >= 0.3 is 0 Å². The first kappa shape index (κ1) is 14.9. The van der Waals surface area contributed by atoms with Gasteiger partial charge in [0.25, 0.3) is 0 Å². The highest BCUT2D eigenvalue weighted by Crippen LogP contribution is 2.30. The minimum Gasteiger partial charge on any atom is -0.496 e. The molecule has 106 valence electrons. The van der Waals surface area contributed by atoms with E-state index in [9.17, 15) is 0 Å². The highest BCUT2D eigenvalue weighted by atomic mass is 35.5. The van der Waals surface area contributed by atoms with Crippen molar-refractivity contribution in [3.8, 4) is 5.75 Å². The first-order valence-corrected chi connectivity index (χ1v) is 6.98. The minimum absolute atomic E-state index is 0.184. The van der Waals surface area contributed by atoms with Crippen molar-refractivity contribution < 1.29 is 4.74 Å². The molecule has 20 heavy (non-hydrogen) atoms. The van der Waals surface area contributed by atoms with Crippen LogP contribution in [0.15, 0.2) is 30.3 Å². The second kappa shape index (κ2) is 5.86. The molecule has 0 fully saturated rings. The van der Waals surface area contributed by atoms with Gasteiger partial charge in [-0.05, 0) is 54.7 Å². The van der Waals surface area contributed by atoms with E-state index in [0.717, 1.165) is 38.6 Å². The maximum absolute atomic E-state index is 6.37. The van der Waals surface area contributed by atoms with Crippen molar-refractivity contribution in [3.63, 3.8) is 0 Å². The van der Waals surface area contributed by atoms with E-state index in [4.69, 9.17) is 22.1 Å². The predicted octanol–water partition coefficient (Wildman–Crippen LogP) is 4.32. The zero-order valence-electron chi connectivity index (χ0n) is 12.3. The molecule has 1 unspecified atom stereocenters.